The quantitative estimate of drug-likeness (QED) is 0.840. The first kappa shape index (κ1) is 17.7. The Hall–Kier alpha value is -2.15. The summed E-state index contributed by atoms with van der Waals surface area (Å²) in [5, 5.41) is 0.988. The summed E-state index contributed by atoms with van der Waals surface area (Å²) in [5.74, 6) is 0.102. The lowest BCUT2D eigenvalue weighted by Crippen LogP contribution is -2.44. The van der Waals surface area contributed by atoms with Crippen molar-refractivity contribution in [2.45, 2.75) is 31.8 Å². The van der Waals surface area contributed by atoms with E-state index < -0.39 is 0 Å². The lowest BCUT2D eigenvalue weighted by molar-refractivity contribution is -0.134. The number of carbonyl (C=O) groups excluding carboxylic acids is 2. The summed E-state index contributed by atoms with van der Waals surface area (Å²) >= 11 is 1.64. The molecule has 1 aromatic carbocycles. The average molecular weight is 361 g/mol. The molecule has 7 heteroatoms. The number of piperidine rings is 1. The van der Waals surface area contributed by atoms with Gasteiger partial charge in [0.25, 0.3) is 0 Å². The molecule has 1 unspecified atom stereocenters. The maximum atomic E-state index is 12.5. The van der Waals surface area contributed by atoms with Crippen LogP contribution in [0.3, 0.4) is 0 Å². The summed E-state index contributed by atoms with van der Waals surface area (Å²) in [7, 11) is 3.32. The number of amides is 2. The number of nitrogens with zero attached hydrogens (tertiary/aromatic N) is 3. The van der Waals surface area contributed by atoms with E-state index >= 15 is 0 Å². The van der Waals surface area contributed by atoms with Crippen LogP contribution < -0.4 is 0 Å². The fourth-order valence-electron chi connectivity index (χ4n) is 2.91. The van der Waals surface area contributed by atoms with Gasteiger partial charge in [0, 0.05) is 33.5 Å². The SMILES string of the molecule is CN(C)C(=O)OC1CCCN(C(=O)CCc2nc3ccccc3s2)C1. The minimum atomic E-state index is -0.353. The number of fused-ring (bicyclic) bond motifs is 1. The van der Waals surface area contributed by atoms with Gasteiger partial charge in [0.1, 0.15) is 6.10 Å². The zero-order valence-electron chi connectivity index (χ0n) is 14.6. The van der Waals surface area contributed by atoms with E-state index in [0.29, 0.717) is 19.4 Å². The van der Waals surface area contributed by atoms with Crippen molar-refractivity contribution in [3.05, 3.63) is 29.3 Å². The van der Waals surface area contributed by atoms with Crippen LogP contribution >= 0.6 is 11.3 Å². The zero-order valence-corrected chi connectivity index (χ0v) is 15.4. The fourth-order valence-corrected chi connectivity index (χ4v) is 3.87. The van der Waals surface area contributed by atoms with Crippen molar-refractivity contribution in [3.8, 4) is 0 Å². The van der Waals surface area contributed by atoms with Gasteiger partial charge in [-0.3, -0.25) is 4.79 Å². The molecule has 0 N–H and O–H groups in total. The van der Waals surface area contributed by atoms with Crippen LogP contribution in [-0.4, -0.2) is 60.1 Å². The molecule has 0 saturated carbocycles. The Morgan fingerprint density at radius 3 is 2.92 bits per heavy atom. The molecule has 2 aromatic rings. The Morgan fingerprint density at radius 2 is 2.16 bits per heavy atom. The second-order valence-corrected chi connectivity index (χ2v) is 7.57. The predicted molar refractivity (Wildman–Crippen MR) is 97.7 cm³/mol. The molecule has 0 radical (unpaired) electrons. The number of ether oxygens (including phenoxy) is 1. The van der Waals surface area contributed by atoms with E-state index in [2.05, 4.69) is 4.98 Å². The Balaban J connectivity index is 1.52. The first-order valence-corrected chi connectivity index (χ1v) is 9.35. The molecule has 6 nitrogen and oxygen atoms in total. The van der Waals surface area contributed by atoms with E-state index in [1.54, 1.807) is 25.4 Å². The molecule has 1 fully saturated rings. The van der Waals surface area contributed by atoms with Crippen LogP contribution in [0.1, 0.15) is 24.3 Å². The summed E-state index contributed by atoms with van der Waals surface area (Å²) in [6.07, 6.45) is 2.19. The van der Waals surface area contributed by atoms with Gasteiger partial charge >= 0.3 is 6.09 Å². The summed E-state index contributed by atoms with van der Waals surface area (Å²) in [5.41, 5.74) is 0.989. The van der Waals surface area contributed by atoms with Crippen LogP contribution in [0.15, 0.2) is 24.3 Å². The van der Waals surface area contributed by atoms with E-state index in [9.17, 15) is 9.59 Å². The lowest BCUT2D eigenvalue weighted by atomic mass is 10.1. The molecule has 1 atom stereocenters. The Labute approximate surface area is 151 Å². The number of para-hydroxylation sites is 1. The summed E-state index contributed by atoms with van der Waals surface area (Å²) < 4.78 is 6.57. The molecular weight excluding hydrogens is 338 g/mol. The second-order valence-electron chi connectivity index (χ2n) is 6.46. The number of aryl methyl sites for hydroxylation is 1. The monoisotopic (exact) mass is 361 g/mol. The number of aromatic nitrogens is 1. The van der Waals surface area contributed by atoms with Gasteiger partial charge in [0.2, 0.25) is 5.91 Å². The van der Waals surface area contributed by atoms with Crippen molar-refractivity contribution in [3.63, 3.8) is 0 Å². The van der Waals surface area contributed by atoms with Gasteiger partial charge in [-0.15, -0.1) is 11.3 Å². The minimum Gasteiger partial charge on any atom is -0.444 e. The number of thiazole rings is 1. The number of benzene rings is 1. The van der Waals surface area contributed by atoms with Gasteiger partial charge in [-0.2, -0.15) is 0 Å². The zero-order chi connectivity index (χ0) is 17.8. The Bertz CT molecular complexity index is 726. The predicted octanol–water partition coefficient (Wildman–Crippen LogP) is 2.92. The van der Waals surface area contributed by atoms with Crippen molar-refractivity contribution >= 4 is 33.6 Å². The van der Waals surface area contributed by atoms with Crippen molar-refractivity contribution < 1.29 is 14.3 Å². The van der Waals surface area contributed by atoms with Gasteiger partial charge in [0.15, 0.2) is 0 Å². The highest BCUT2D eigenvalue weighted by Crippen LogP contribution is 2.23. The molecule has 0 spiro atoms. The molecule has 0 aliphatic carbocycles. The van der Waals surface area contributed by atoms with Gasteiger partial charge in [-0.25, -0.2) is 9.78 Å². The van der Waals surface area contributed by atoms with Crippen molar-refractivity contribution in [1.29, 1.82) is 0 Å². The molecule has 25 heavy (non-hydrogen) atoms. The van der Waals surface area contributed by atoms with E-state index in [1.807, 2.05) is 29.2 Å². The largest absolute Gasteiger partial charge is 0.444 e. The first-order chi connectivity index (χ1) is 12.0. The third kappa shape index (κ3) is 4.48. The highest BCUT2D eigenvalue weighted by molar-refractivity contribution is 7.18. The average Bonchev–Trinajstić information content (AvgIpc) is 3.02. The van der Waals surface area contributed by atoms with Crippen LogP contribution in [0.2, 0.25) is 0 Å². The summed E-state index contributed by atoms with van der Waals surface area (Å²) in [6.45, 7) is 1.22. The van der Waals surface area contributed by atoms with E-state index in [-0.39, 0.29) is 18.1 Å². The van der Waals surface area contributed by atoms with Crippen molar-refractivity contribution in [2.75, 3.05) is 27.2 Å². The molecule has 1 aromatic heterocycles. The van der Waals surface area contributed by atoms with Crippen molar-refractivity contribution in [2.24, 2.45) is 0 Å². The van der Waals surface area contributed by atoms with Gasteiger partial charge in [-0.05, 0) is 25.0 Å². The molecule has 1 aliphatic heterocycles. The molecular formula is C18H23N3O3S. The van der Waals surface area contributed by atoms with Crippen LogP contribution in [0, 0.1) is 0 Å². The number of carbonyl (C=O) groups is 2. The van der Waals surface area contributed by atoms with Crippen LogP contribution in [0.4, 0.5) is 4.79 Å². The normalized spacial score (nSPS) is 17.5. The van der Waals surface area contributed by atoms with Crippen LogP contribution in [0.5, 0.6) is 0 Å². The molecule has 3 rings (SSSR count). The van der Waals surface area contributed by atoms with Crippen LogP contribution in [-0.2, 0) is 16.0 Å². The smallest absolute Gasteiger partial charge is 0.409 e. The summed E-state index contributed by atoms with van der Waals surface area (Å²) in [4.78, 5) is 32.0. The van der Waals surface area contributed by atoms with Gasteiger partial charge in [-0.1, -0.05) is 12.1 Å². The third-order valence-electron chi connectivity index (χ3n) is 4.25. The fraction of sp³-hybridized carbons (Fsp3) is 0.500. The highest BCUT2D eigenvalue weighted by atomic mass is 32.1. The minimum absolute atomic E-state index is 0.102. The lowest BCUT2D eigenvalue weighted by Gasteiger charge is -2.32. The number of likely N-dealkylation sites (tertiary alicyclic amines) is 1. The maximum Gasteiger partial charge on any atom is 0.409 e. The van der Waals surface area contributed by atoms with Gasteiger partial charge in [0.05, 0.1) is 21.8 Å². The standard InChI is InChI=1S/C18H23N3O3S/c1-20(2)18(23)24-13-6-5-11-21(12-13)17(22)10-9-16-19-14-7-3-4-8-15(14)25-16/h3-4,7-8,13H,5-6,9-12H2,1-2H3. The molecule has 0 bridgehead atoms. The molecule has 2 amide bonds. The Kier molecular flexibility index (Phi) is 5.53. The second kappa shape index (κ2) is 7.82. The number of hydrogen-bond acceptors (Lipinski definition) is 5. The topological polar surface area (TPSA) is 62.7 Å². The number of rotatable bonds is 4. The molecule has 134 valence electrons. The highest BCUT2D eigenvalue weighted by Gasteiger charge is 2.26. The van der Waals surface area contributed by atoms with Gasteiger partial charge < -0.3 is 14.5 Å². The summed E-state index contributed by atoms with van der Waals surface area (Å²) in [6, 6.07) is 8.01. The van der Waals surface area contributed by atoms with Crippen LogP contribution in [0.25, 0.3) is 10.2 Å². The van der Waals surface area contributed by atoms with E-state index in [0.717, 1.165) is 34.6 Å². The van der Waals surface area contributed by atoms with E-state index in [1.165, 1.54) is 4.90 Å². The molecule has 1 aliphatic rings. The first-order valence-electron chi connectivity index (χ1n) is 8.53. The maximum absolute atomic E-state index is 12.5. The molecule has 2 heterocycles. The Morgan fingerprint density at radius 1 is 1.36 bits per heavy atom. The molecule has 1 saturated heterocycles. The van der Waals surface area contributed by atoms with Crippen molar-refractivity contribution in [1.82, 2.24) is 14.8 Å². The number of hydrogen-bond donors (Lipinski definition) is 0. The van der Waals surface area contributed by atoms with E-state index in [4.69, 9.17) is 4.74 Å². The third-order valence-corrected chi connectivity index (χ3v) is 5.35.